The van der Waals surface area contributed by atoms with Crippen LogP contribution in [-0.4, -0.2) is 35.1 Å². The van der Waals surface area contributed by atoms with Crippen molar-refractivity contribution in [3.8, 4) is 17.2 Å². The lowest BCUT2D eigenvalue weighted by Gasteiger charge is -2.23. The number of phosphoric acid groups is 1. The number of phosphoric ester groups is 1. The van der Waals surface area contributed by atoms with E-state index in [-0.39, 0.29) is 37.1 Å². The summed E-state index contributed by atoms with van der Waals surface area (Å²) >= 11 is 0. The Morgan fingerprint density at radius 3 is 1.09 bits per heavy atom. The first-order chi connectivity index (χ1) is 15.6. The van der Waals surface area contributed by atoms with E-state index in [2.05, 4.69) is 0 Å². The normalized spacial score (nSPS) is 11.2. The van der Waals surface area contributed by atoms with Crippen molar-refractivity contribution in [3.63, 3.8) is 0 Å². The Hall–Kier alpha value is -2.83. The van der Waals surface area contributed by atoms with E-state index in [1.165, 1.54) is 0 Å². The van der Waals surface area contributed by atoms with Gasteiger partial charge < -0.3 is 28.9 Å². The minimum absolute atomic E-state index is 0.106. The maximum absolute atomic E-state index is 13.9. The summed E-state index contributed by atoms with van der Waals surface area (Å²) < 4.78 is 31.4. The quantitative estimate of drug-likeness (QED) is 0.353. The van der Waals surface area contributed by atoms with Crippen molar-refractivity contribution in [3.05, 3.63) is 89.5 Å². The molecule has 3 rings (SSSR count). The summed E-state index contributed by atoms with van der Waals surface area (Å²) in [7, 11) is -4.28. The van der Waals surface area contributed by atoms with Gasteiger partial charge in [0.1, 0.15) is 17.2 Å². The summed E-state index contributed by atoms with van der Waals surface area (Å²) in [4.78, 5) is 0. The second kappa shape index (κ2) is 11.7. The van der Waals surface area contributed by atoms with Crippen molar-refractivity contribution >= 4 is 7.82 Å². The van der Waals surface area contributed by atoms with Gasteiger partial charge in [-0.05, 0) is 54.2 Å². The molecule has 0 aliphatic heterocycles. The topological polar surface area (TPSA) is 105 Å². The van der Waals surface area contributed by atoms with Crippen molar-refractivity contribution in [1.29, 1.82) is 0 Å². The van der Waals surface area contributed by atoms with Gasteiger partial charge in [0.05, 0.1) is 0 Å². The maximum atomic E-state index is 13.9. The summed E-state index contributed by atoms with van der Waals surface area (Å²) in [6, 6.07) is 20.7. The fourth-order valence-corrected chi connectivity index (χ4v) is 4.55. The van der Waals surface area contributed by atoms with E-state index in [9.17, 15) is 19.9 Å². The van der Waals surface area contributed by atoms with Crippen LogP contribution in [0.1, 0.15) is 16.7 Å². The van der Waals surface area contributed by atoms with Gasteiger partial charge in [0.15, 0.2) is 0 Å². The number of hydrogen-bond donors (Lipinski definition) is 3. The lowest BCUT2D eigenvalue weighted by atomic mass is 10.1. The van der Waals surface area contributed by atoms with E-state index in [0.717, 1.165) is 0 Å². The van der Waals surface area contributed by atoms with Crippen molar-refractivity contribution < 1.29 is 33.5 Å². The average Bonchev–Trinajstić information content (AvgIpc) is 2.78. The number of hydrogen-bond acceptors (Lipinski definition) is 7. The van der Waals surface area contributed by atoms with Gasteiger partial charge in [-0.2, -0.15) is 4.57 Å². The molecular formula is C24H27O7P. The minimum Gasteiger partial charge on any atom is -0.396 e. The lowest BCUT2D eigenvalue weighted by Crippen LogP contribution is -2.11. The van der Waals surface area contributed by atoms with Gasteiger partial charge >= 0.3 is 7.82 Å². The Bertz CT molecular complexity index is 922. The molecule has 0 unspecified atom stereocenters. The highest BCUT2D eigenvalue weighted by atomic mass is 31.2. The van der Waals surface area contributed by atoms with Gasteiger partial charge in [0.25, 0.3) is 0 Å². The monoisotopic (exact) mass is 458 g/mol. The molecule has 32 heavy (non-hydrogen) atoms. The zero-order chi connectivity index (χ0) is 22.8. The third-order valence-electron chi connectivity index (χ3n) is 4.69. The molecule has 3 aromatic carbocycles. The Morgan fingerprint density at radius 2 is 0.812 bits per heavy atom. The molecule has 0 atom stereocenters. The zero-order valence-corrected chi connectivity index (χ0v) is 18.5. The molecule has 0 saturated carbocycles. The first-order valence-corrected chi connectivity index (χ1v) is 11.8. The molecule has 0 aliphatic rings. The highest BCUT2D eigenvalue weighted by Crippen LogP contribution is 2.51. The highest BCUT2D eigenvalue weighted by molar-refractivity contribution is 7.49. The molecule has 0 aromatic heterocycles. The summed E-state index contributed by atoms with van der Waals surface area (Å²) in [6.07, 6.45) is 0.912. The predicted octanol–water partition coefficient (Wildman–Crippen LogP) is 3.94. The Balaban J connectivity index is 2.01. The van der Waals surface area contributed by atoms with Crippen molar-refractivity contribution in [2.45, 2.75) is 19.3 Å². The first kappa shape index (κ1) is 23.8. The second-order valence-electron chi connectivity index (χ2n) is 6.97. The van der Waals surface area contributed by atoms with Crippen LogP contribution in [-0.2, 0) is 23.8 Å². The van der Waals surface area contributed by atoms with Crippen LogP contribution in [0.4, 0.5) is 0 Å². The summed E-state index contributed by atoms with van der Waals surface area (Å²) in [5.74, 6) is 0.803. The Labute approximate surface area is 187 Å². The molecule has 170 valence electrons. The van der Waals surface area contributed by atoms with Crippen LogP contribution < -0.4 is 13.6 Å². The molecule has 0 aliphatic carbocycles. The third-order valence-corrected chi connectivity index (χ3v) is 5.95. The standard InChI is InChI=1S/C24H27O7P/c25-16-13-19-7-1-4-10-22(19)29-32(28,30-23-11-5-2-8-20(23)14-17-26)31-24-12-6-3-9-21(24)15-18-27/h1-12,25-27H,13-18H2. The number of aliphatic hydroxyl groups is 3. The van der Waals surface area contributed by atoms with Gasteiger partial charge in [-0.3, -0.25) is 0 Å². The molecule has 0 spiro atoms. The summed E-state index contributed by atoms with van der Waals surface area (Å²) in [6.45, 7) is -0.318. The summed E-state index contributed by atoms with van der Waals surface area (Å²) in [5.41, 5.74) is 1.94. The third kappa shape index (κ3) is 6.34. The van der Waals surface area contributed by atoms with E-state index < -0.39 is 7.82 Å². The molecule has 3 N–H and O–H groups in total. The van der Waals surface area contributed by atoms with Crippen LogP contribution >= 0.6 is 7.82 Å². The van der Waals surface area contributed by atoms with Crippen LogP contribution in [0.15, 0.2) is 72.8 Å². The van der Waals surface area contributed by atoms with Gasteiger partial charge in [0, 0.05) is 19.8 Å². The number of para-hydroxylation sites is 3. The highest BCUT2D eigenvalue weighted by Gasteiger charge is 2.35. The van der Waals surface area contributed by atoms with Crippen molar-refractivity contribution in [1.82, 2.24) is 0 Å². The molecule has 3 aromatic rings. The zero-order valence-electron chi connectivity index (χ0n) is 17.6. The Morgan fingerprint density at radius 1 is 0.531 bits per heavy atom. The van der Waals surface area contributed by atoms with Crippen molar-refractivity contribution in [2.75, 3.05) is 19.8 Å². The smallest absolute Gasteiger partial charge is 0.396 e. The fourth-order valence-electron chi connectivity index (χ4n) is 3.18. The molecule has 0 saturated heterocycles. The maximum Gasteiger partial charge on any atom is 0.647 e. The van der Waals surface area contributed by atoms with Gasteiger partial charge in [-0.15, -0.1) is 0 Å². The molecular weight excluding hydrogens is 431 g/mol. The van der Waals surface area contributed by atoms with E-state index >= 15 is 0 Å². The van der Waals surface area contributed by atoms with E-state index in [0.29, 0.717) is 36.0 Å². The van der Waals surface area contributed by atoms with Gasteiger partial charge in [-0.1, -0.05) is 54.6 Å². The predicted molar refractivity (Wildman–Crippen MR) is 121 cm³/mol. The van der Waals surface area contributed by atoms with Crippen LogP contribution in [0.3, 0.4) is 0 Å². The van der Waals surface area contributed by atoms with Crippen LogP contribution in [0, 0.1) is 0 Å². The number of rotatable bonds is 12. The van der Waals surface area contributed by atoms with Crippen LogP contribution in [0.2, 0.25) is 0 Å². The average molecular weight is 458 g/mol. The molecule has 0 bridgehead atoms. The SMILES string of the molecule is O=P(Oc1ccccc1CCO)(Oc1ccccc1CCO)Oc1ccccc1CCO. The second-order valence-corrected chi connectivity index (χ2v) is 8.41. The Kier molecular flexibility index (Phi) is 8.71. The van der Waals surface area contributed by atoms with Gasteiger partial charge in [0.2, 0.25) is 0 Å². The van der Waals surface area contributed by atoms with E-state index in [1.807, 2.05) is 0 Å². The molecule has 0 fully saturated rings. The molecule has 0 heterocycles. The van der Waals surface area contributed by atoms with Gasteiger partial charge in [-0.25, -0.2) is 0 Å². The molecule has 7 nitrogen and oxygen atoms in total. The van der Waals surface area contributed by atoms with Crippen LogP contribution in [0.25, 0.3) is 0 Å². The molecule has 0 radical (unpaired) electrons. The van der Waals surface area contributed by atoms with E-state index in [1.54, 1.807) is 72.8 Å². The minimum atomic E-state index is -4.28. The molecule has 0 amide bonds. The first-order valence-electron chi connectivity index (χ1n) is 10.3. The fraction of sp³-hybridized carbons (Fsp3) is 0.250. The van der Waals surface area contributed by atoms with E-state index in [4.69, 9.17) is 13.6 Å². The van der Waals surface area contributed by atoms with Crippen LogP contribution in [0.5, 0.6) is 17.2 Å². The number of aliphatic hydroxyl groups excluding tert-OH is 3. The largest absolute Gasteiger partial charge is 0.647 e. The number of benzene rings is 3. The molecule has 8 heteroatoms. The van der Waals surface area contributed by atoms with Crippen molar-refractivity contribution in [2.24, 2.45) is 0 Å². The lowest BCUT2D eigenvalue weighted by molar-refractivity contribution is 0.280. The summed E-state index contributed by atoms with van der Waals surface area (Å²) in [5, 5.41) is 28.1.